The van der Waals surface area contributed by atoms with Gasteiger partial charge in [0.2, 0.25) is 0 Å². The van der Waals surface area contributed by atoms with E-state index in [1.165, 1.54) is 9.11 Å². The van der Waals surface area contributed by atoms with Crippen LogP contribution >= 0.6 is 22.9 Å². The smallest absolute Gasteiger partial charge is 0.245 e. The predicted octanol–water partition coefficient (Wildman–Crippen LogP) is -0.231. The van der Waals surface area contributed by atoms with Crippen molar-refractivity contribution in [2.24, 2.45) is 0 Å². The lowest BCUT2D eigenvalue weighted by Gasteiger charge is -1.69. The van der Waals surface area contributed by atoms with Crippen molar-refractivity contribution in [2.45, 2.75) is 0 Å². The van der Waals surface area contributed by atoms with Crippen LogP contribution in [-0.2, 0) is 0 Å². The first-order chi connectivity index (χ1) is 3.30. The maximum absolute atomic E-state index is 10.3. The third-order valence-corrected chi connectivity index (χ3v) is 1.20. The van der Waals surface area contributed by atoms with Gasteiger partial charge in [-0.15, -0.1) is 0 Å². The molecule has 0 saturated heterocycles. The highest BCUT2D eigenvalue weighted by atomic mass is 127. The Balaban J connectivity index is 3.39. The zero-order valence-corrected chi connectivity index (χ0v) is 5.42. The molecule has 0 amide bonds. The lowest BCUT2D eigenvalue weighted by Crippen LogP contribution is -2.06. The molecule has 0 aliphatic heterocycles. The quantitative estimate of drug-likeness (QED) is 0.602. The van der Waals surface area contributed by atoms with Crippen molar-refractivity contribution in [1.29, 1.82) is 0 Å². The predicted molar refractivity (Wildman–Crippen MR) is 32.3 cm³/mol. The second-order valence-corrected chi connectivity index (χ2v) is 2.01. The van der Waals surface area contributed by atoms with Crippen molar-refractivity contribution in [3.63, 3.8) is 0 Å². The van der Waals surface area contributed by atoms with Gasteiger partial charge in [0, 0.05) is 0 Å². The van der Waals surface area contributed by atoms with Gasteiger partial charge in [-0.25, -0.2) is 12.7 Å². The Hall–Kier alpha value is -0.330. The van der Waals surface area contributed by atoms with Crippen LogP contribution in [0.3, 0.4) is 0 Å². The lowest BCUT2D eigenvalue weighted by atomic mass is 11.3. The minimum absolute atomic E-state index is 0.194. The Morgan fingerprint density at radius 3 is 2.86 bits per heavy atom. The maximum atomic E-state index is 10.3. The molecular weight excluding hydrogens is 209 g/mol. The molecule has 1 N–H and O–H groups in total. The first-order valence-corrected chi connectivity index (χ1v) is 2.55. The molecule has 0 aliphatic carbocycles. The molecule has 5 heteroatoms. The Labute approximate surface area is 53.0 Å². The van der Waals surface area contributed by atoms with E-state index in [1.807, 2.05) is 22.9 Å². The molecule has 1 rings (SSSR count). The van der Waals surface area contributed by atoms with Crippen molar-refractivity contribution >= 4 is 22.9 Å². The van der Waals surface area contributed by atoms with Crippen LogP contribution in [0, 0.1) is 0 Å². The maximum Gasteiger partial charge on any atom is 0.352 e. The van der Waals surface area contributed by atoms with Gasteiger partial charge in [-0.3, -0.25) is 0 Å². The van der Waals surface area contributed by atoms with Crippen LogP contribution in [0.5, 0.6) is 0 Å². The summed E-state index contributed by atoms with van der Waals surface area (Å²) >= 11 is 1.83. The fourth-order valence-corrected chi connectivity index (χ4v) is 0.467. The van der Waals surface area contributed by atoms with Crippen LogP contribution in [0.1, 0.15) is 0 Å². The van der Waals surface area contributed by atoms with Crippen molar-refractivity contribution in [2.75, 3.05) is 0 Å². The van der Waals surface area contributed by atoms with Gasteiger partial charge in [-0.1, -0.05) is 0 Å². The van der Waals surface area contributed by atoms with Gasteiger partial charge in [-0.2, -0.15) is 5.10 Å². The lowest BCUT2D eigenvalue weighted by molar-refractivity contribution is 1.05. The summed E-state index contributed by atoms with van der Waals surface area (Å²) in [5.74, 6) is 0. The van der Waals surface area contributed by atoms with E-state index >= 15 is 0 Å². The minimum atomic E-state index is -0.194. The van der Waals surface area contributed by atoms with E-state index in [1.54, 1.807) is 0 Å². The van der Waals surface area contributed by atoms with Crippen LogP contribution in [0.25, 0.3) is 0 Å². The average Bonchev–Trinajstić information content (AvgIpc) is 1.91. The summed E-state index contributed by atoms with van der Waals surface area (Å²) in [6.45, 7) is 0. The molecule has 0 unspecified atom stereocenters. The average molecular weight is 211 g/mol. The van der Waals surface area contributed by atoms with Gasteiger partial charge in [0.25, 0.3) is 0 Å². The number of nitrogens with zero attached hydrogens (tertiary/aromatic N) is 2. The zero-order valence-electron chi connectivity index (χ0n) is 3.26. The van der Waals surface area contributed by atoms with Gasteiger partial charge in [0.1, 0.15) is 6.33 Å². The molecule has 1 aromatic heterocycles. The number of rotatable bonds is 0. The molecule has 0 saturated carbocycles. The zero-order chi connectivity index (χ0) is 5.28. The number of hydrogen-bond donors (Lipinski definition) is 1. The molecule has 0 spiro atoms. The second kappa shape index (κ2) is 1.65. The molecule has 0 aliphatic rings. The van der Waals surface area contributed by atoms with Crippen molar-refractivity contribution in [1.82, 2.24) is 13.0 Å². The van der Waals surface area contributed by atoms with Crippen LogP contribution in [0.4, 0.5) is 0 Å². The van der Waals surface area contributed by atoms with E-state index in [2.05, 4.69) is 10.2 Å². The third-order valence-electron chi connectivity index (χ3n) is 0.513. The van der Waals surface area contributed by atoms with E-state index < -0.39 is 0 Å². The molecular formula is C2H2IN3O. The number of hydrogen-bond acceptors (Lipinski definition) is 2. The van der Waals surface area contributed by atoms with Crippen molar-refractivity contribution < 1.29 is 0 Å². The van der Waals surface area contributed by atoms with Gasteiger partial charge in [-0.05, 0) is 0 Å². The summed E-state index contributed by atoms with van der Waals surface area (Å²) in [5.41, 5.74) is -0.194. The molecule has 0 aromatic carbocycles. The van der Waals surface area contributed by atoms with E-state index in [-0.39, 0.29) is 5.69 Å². The molecule has 7 heavy (non-hydrogen) atoms. The Morgan fingerprint density at radius 1 is 2.00 bits per heavy atom. The normalized spacial score (nSPS) is 9.29. The summed E-state index contributed by atoms with van der Waals surface area (Å²) in [5, 5.41) is 5.66. The van der Waals surface area contributed by atoms with Crippen LogP contribution < -0.4 is 5.69 Å². The topological polar surface area (TPSA) is 50.7 Å². The highest BCUT2D eigenvalue weighted by Crippen LogP contribution is 1.78. The molecule has 4 nitrogen and oxygen atoms in total. The molecule has 1 heterocycles. The number of halogens is 1. The first kappa shape index (κ1) is 4.82. The number of aromatic amines is 1. The van der Waals surface area contributed by atoms with Gasteiger partial charge >= 0.3 is 5.69 Å². The van der Waals surface area contributed by atoms with Crippen LogP contribution in [0.15, 0.2) is 11.1 Å². The fourth-order valence-electron chi connectivity index (χ4n) is 0.235. The van der Waals surface area contributed by atoms with Crippen LogP contribution in [-0.4, -0.2) is 13.0 Å². The molecule has 38 valence electrons. The largest absolute Gasteiger partial charge is 0.352 e. The molecule has 0 atom stereocenters. The van der Waals surface area contributed by atoms with E-state index in [4.69, 9.17) is 0 Å². The van der Waals surface area contributed by atoms with Gasteiger partial charge < -0.3 is 0 Å². The molecule has 0 fully saturated rings. The molecule has 0 bridgehead atoms. The Kier molecular flexibility index (Phi) is 1.13. The minimum Gasteiger partial charge on any atom is -0.245 e. The number of aromatic nitrogens is 3. The second-order valence-electron chi connectivity index (χ2n) is 0.973. The summed E-state index contributed by atoms with van der Waals surface area (Å²) in [4.78, 5) is 10.3. The standard InChI is InChI=1S/C2H2IN3O/c3-6-1-4-5-2(6)7/h1H,(H,5,7). The van der Waals surface area contributed by atoms with E-state index in [9.17, 15) is 4.79 Å². The van der Waals surface area contributed by atoms with Crippen molar-refractivity contribution in [3.8, 4) is 0 Å². The summed E-state index contributed by atoms with van der Waals surface area (Å²) in [7, 11) is 0. The van der Waals surface area contributed by atoms with Gasteiger partial charge in [0.15, 0.2) is 0 Å². The fraction of sp³-hybridized carbons (Fsp3) is 0. The molecule has 0 radical (unpaired) electrons. The first-order valence-electron chi connectivity index (χ1n) is 1.59. The Bertz CT molecular complexity index is 201. The Morgan fingerprint density at radius 2 is 2.71 bits per heavy atom. The SMILES string of the molecule is O=c1[nH]ncn1I. The van der Waals surface area contributed by atoms with E-state index in [0.717, 1.165) is 0 Å². The third kappa shape index (κ3) is 0.817. The van der Waals surface area contributed by atoms with E-state index in [0.29, 0.717) is 0 Å². The molecule has 1 aromatic rings. The van der Waals surface area contributed by atoms with Crippen LogP contribution in [0.2, 0.25) is 0 Å². The summed E-state index contributed by atoms with van der Waals surface area (Å²) < 4.78 is 1.33. The highest BCUT2D eigenvalue weighted by Gasteiger charge is 1.84. The number of nitrogens with one attached hydrogen (secondary N) is 1. The highest BCUT2D eigenvalue weighted by molar-refractivity contribution is 14.1. The van der Waals surface area contributed by atoms with Gasteiger partial charge in [0.05, 0.1) is 22.9 Å². The monoisotopic (exact) mass is 211 g/mol. The number of H-pyrrole nitrogens is 1. The van der Waals surface area contributed by atoms with Crippen molar-refractivity contribution in [3.05, 3.63) is 16.8 Å². The summed E-state index contributed by atoms with van der Waals surface area (Å²) in [6, 6.07) is 0. The summed E-state index contributed by atoms with van der Waals surface area (Å²) in [6.07, 6.45) is 1.41.